The highest BCUT2D eigenvalue weighted by molar-refractivity contribution is 9.10. The summed E-state index contributed by atoms with van der Waals surface area (Å²) >= 11 is 8.54. The highest BCUT2D eigenvalue weighted by atomic mass is 79.9. The number of thiocarbonyl (C=S) groups is 1. The summed E-state index contributed by atoms with van der Waals surface area (Å²) in [6.45, 7) is 6.50. The Morgan fingerprint density at radius 3 is 2.76 bits per heavy atom. The summed E-state index contributed by atoms with van der Waals surface area (Å²) in [5.74, 6) is 1.33. The highest BCUT2D eigenvalue weighted by Crippen LogP contribution is 2.36. The number of ether oxygens (including phenoxy) is 2. The number of halogens is 1. The average Bonchev–Trinajstić information content (AvgIpc) is 2.38. The van der Waals surface area contributed by atoms with Crippen molar-refractivity contribution in [1.82, 2.24) is 10.7 Å². The van der Waals surface area contributed by atoms with Gasteiger partial charge in [-0.2, -0.15) is 5.10 Å². The van der Waals surface area contributed by atoms with Crippen LogP contribution in [0.4, 0.5) is 0 Å². The van der Waals surface area contributed by atoms with Crippen molar-refractivity contribution in [2.24, 2.45) is 5.10 Å². The van der Waals surface area contributed by atoms with Crippen molar-refractivity contribution in [2.75, 3.05) is 13.7 Å². The van der Waals surface area contributed by atoms with Crippen LogP contribution in [0.5, 0.6) is 11.5 Å². The maximum Gasteiger partial charge on any atom is 0.187 e. The summed E-state index contributed by atoms with van der Waals surface area (Å²) in [6.07, 6.45) is 1.67. The lowest BCUT2D eigenvalue weighted by Crippen LogP contribution is -2.36. The Bertz CT molecular complexity index is 521. The molecule has 0 bridgehead atoms. The second kappa shape index (κ2) is 8.84. The molecule has 0 aliphatic carbocycles. The lowest BCUT2D eigenvalue weighted by atomic mass is 10.2. The maximum absolute atomic E-state index is 5.55. The van der Waals surface area contributed by atoms with Gasteiger partial charge in [0, 0.05) is 6.04 Å². The van der Waals surface area contributed by atoms with Crippen molar-refractivity contribution in [2.45, 2.75) is 26.8 Å². The van der Waals surface area contributed by atoms with Crippen molar-refractivity contribution in [3.05, 3.63) is 22.2 Å². The van der Waals surface area contributed by atoms with E-state index in [9.17, 15) is 0 Å². The fourth-order valence-electron chi connectivity index (χ4n) is 1.58. The summed E-state index contributed by atoms with van der Waals surface area (Å²) in [7, 11) is 1.61. The third-order valence-corrected chi connectivity index (χ3v) is 3.13. The first-order valence-electron chi connectivity index (χ1n) is 6.57. The topological polar surface area (TPSA) is 54.9 Å². The van der Waals surface area contributed by atoms with Crippen molar-refractivity contribution < 1.29 is 9.47 Å². The molecular formula is C14H20BrN3O2S. The van der Waals surface area contributed by atoms with Crippen LogP contribution in [0.15, 0.2) is 21.7 Å². The van der Waals surface area contributed by atoms with E-state index < -0.39 is 0 Å². The molecule has 0 saturated carbocycles. The zero-order valence-electron chi connectivity index (χ0n) is 12.6. The van der Waals surface area contributed by atoms with Crippen LogP contribution in [0.3, 0.4) is 0 Å². The molecule has 0 aliphatic heterocycles. The van der Waals surface area contributed by atoms with Gasteiger partial charge in [0.25, 0.3) is 0 Å². The van der Waals surface area contributed by atoms with Gasteiger partial charge in [-0.3, -0.25) is 5.43 Å². The number of nitrogens with zero attached hydrogens (tertiary/aromatic N) is 1. The van der Waals surface area contributed by atoms with E-state index in [1.807, 2.05) is 32.9 Å². The highest BCUT2D eigenvalue weighted by Gasteiger charge is 2.10. The fourth-order valence-corrected chi connectivity index (χ4v) is 2.49. The van der Waals surface area contributed by atoms with Crippen LogP contribution in [0.1, 0.15) is 26.3 Å². The minimum absolute atomic E-state index is 0.264. The third kappa shape index (κ3) is 5.89. The molecule has 1 rings (SSSR count). The first-order chi connectivity index (χ1) is 9.97. The number of hydrogen-bond donors (Lipinski definition) is 2. The van der Waals surface area contributed by atoms with Crippen molar-refractivity contribution >= 4 is 39.5 Å². The van der Waals surface area contributed by atoms with E-state index in [1.54, 1.807) is 13.3 Å². The van der Waals surface area contributed by atoms with Crippen LogP contribution < -0.4 is 20.2 Å². The normalized spacial score (nSPS) is 10.8. The number of hydrazone groups is 1. The Morgan fingerprint density at radius 2 is 2.19 bits per heavy atom. The Hall–Kier alpha value is -1.34. The molecule has 116 valence electrons. The molecule has 0 saturated heterocycles. The molecule has 5 nitrogen and oxygen atoms in total. The lowest BCUT2D eigenvalue weighted by molar-refractivity contribution is 0.310. The molecule has 1 aromatic rings. The minimum Gasteiger partial charge on any atom is -0.492 e. The predicted molar refractivity (Wildman–Crippen MR) is 93.5 cm³/mol. The van der Waals surface area contributed by atoms with Gasteiger partial charge in [0.05, 0.1) is 24.4 Å². The molecule has 0 fully saturated rings. The predicted octanol–water partition coefficient (Wildman–Crippen LogP) is 3.06. The van der Waals surface area contributed by atoms with Crippen molar-refractivity contribution in [1.29, 1.82) is 0 Å². The fraction of sp³-hybridized carbons (Fsp3) is 0.429. The van der Waals surface area contributed by atoms with Crippen LogP contribution in [0.25, 0.3) is 0 Å². The molecule has 0 amide bonds. The first kappa shape index (κ1) is 17.7. The SMILES string of the molecule is CCOc1cc(/C=N\NC(=S)NC(C)C)cc(Br)c1OC. The van der Waals surface area contributed by atoms with Gasteiger partial charge in [-0.1, -0.05) is 0 Å². The van der Waals surface area contributed by atoms with Crippen LogP contribution in [-0.2, 0) is 0 Å². The Kier molecular flexibility index (Phi) is 7.45. The Morgan fingerprint density at radius 1 is 1.48 bits per heavy atom. The number of hydrogen-bond acceptors (Lipinski definition) is 4. The standard InChI is InChI=1S/C14H20BrN3O2S/c1-5-20-12-7-10(6-11(15)13(12)19-4)8-16-18-14(21)17-9(2)3/h6-9H,5H2,1-4H3,(H2,17,18,21)/b16-8-. The zero-order chi connectivity index (χ0) is 15.8. The van der Waals surface area contributed by atoms with Gasteiger partial charge < -0.3 is 14.8 Å². The van der Waals surface area contributed by atoms with Gasteiger partial charge in [0.1, 0.15) is 0 Å². The molecule has 0 radical (unpaired) electrons. The van der Waals surface area contributed by atoms with E-state index in [0.29, 0.717) is 23.2 Å². The molecule has 21 heavy (non-hydrogen) atoms. The zero-order valence-corrected chi connectivity index (χ0v) is 15.0. The second-order valence-electron chi connectivity index (χ2n) is 4.47. The van der Waals surface area contributed by atoms with Gasteiger partial charge in [0.2, 0.25) is 0 Å². The average molecular weight is 374 g/mol. The van der Waals surface area contributed by atoms with Gasteiger partial charge in [0.15, 0.2) is 16.6 Å². The molecular weight excluding hydrogens is 354 g/mol. The summed E-state index contributed by atoms with van der Waals surface area (Å²) in [4.78, 5) is 0. The summed E-state index contributed by atoms with van der Waals surface area (Å²) in [5, 5.41) is 7.62. The number of rotatable bonds is 6. The van der Waals surface area contributed by atoms with E-state index in [0.717, 1.165) is 10.0 Å². The van der Waals surface area contributed by atoms with Gasteiger partial charge in [-0.15, -0.1) is 0 Å². The van der Waals surface area contributed by atoms with E-state index in [2.05, 4.69) is 31.8 Å². The number of methoxy groups -OCH3 is 1. The molecule has 0 unspecified atom stereocenters. The minimum atomic E-state index is 0.264. The molecule has 1 aromatic carbocycles. The van der Waals surface area contributed by atoms with Crippen molar-refractivity contribution in [3.63, 3.8) is 0 Å². The molecule has 2 N–H and O–H groups in total. The van der Waals surface area contributed by atoms with E-state index >= 15 is 0 Å². The number of benzene rings is 1. The van der Waals surface area contributed by atoms with Gasteiger partial charge >= 0.3 is 0 Å². The van der Waals surface area contributed by atoms with Crippen LogP contribution in [0.2, 0.25) is 0 Å². The summed E-state index contributed by atoms with van der Waals surface area (Å²) < 4.78 is 11.7. The van der Waals surface area contributed by atoms with Crippen molar-refractivity contribution in [3.8, 4) is 11.5 Å². The van der Waals surface area contributed by atoms with E-state index in [4.69, 9.17) is 21.7 Å². The quantitative estimate of drug-likeness (QED) is 0.455. The lowest BCUT2D eigenvalue weighted by Gasteiger charge is -2.12. The second-order valence-corrected chi connectivity index (χ2v) is 5.73. The molecule has 0 aliphatic rings. The largest absolute Gasteiger partial charge is 0.492 e. The molecule has 0 aromatic heterocycles. The summed E-state index contributed by atoms with van der Waals surface area (Å²) in [6, 6.07) is 4.02. The Balaban J connectivity index is 2.81. The van der Waals surface area contributed by atoms with E-state index in [1.165, 1.54) is 0 Å². The molecule has 0 spiro atoms. The third-order valence-electron chi connectivity index (χ3n) is 2.34. The molecule has 7 heteroatoms. The molecule has 0 heterocycles. The van der Waals surface area contributed by atoms with Gasteiger partial charge in [-0.05, 0) is 66.6 Å². The number of nitrogens with one attached hydrogen (secondary N) is 2. The maximum atomic E-state index is 5.55. The van der Waals surface area contributed by atoms with Crippen LogP contribution >= 0.6 is 28.1 Å². The van der Waals surface area contributed by atoms with E-state index in [-0.39, 0.29) is 6.04 Å². The van der Waals surface area contributed by atoms with Crippen LogP contribution in [-0.4, -0.2) is 31.1 Å². The Labute approximate surface area is 139 Å². The van der Waals surface area contributed by atoms with Crippen LogP contribution in [0, 0.1) is 0 Å². The monoisotopic (exact) mass is 373 g/mol. The van der Waals surface area contributed by atoms with Gasteiger partial charge in [-0.25, -0.2) is 0 Å². The summed E-state index contributed by atoms with van der Waals surface area (Å²) in [5.41, 5.74) is 3.63. The molecule has 0 atom stereocenters. The first-order valence-corrected chi connectivity index (χ1v) is 7.78. The smallest absolute Gasteiger partial charge is 0.187 e.